The monoisotopic (exact) mass is 413 g/mol. The Bertz CT molecular complexity index is 897. The second-order valence-electron chi connectivity index (χ2n) is 5.60. The van der Waals surface area contributed by atoms with E-state index in [1.165, 1.54) is 31.2 Å². The first kappa shape index (κ1) is 18.6. The van der Waals surface area contributed by atoms with Crippen LogP contribution in [0.25, 0.3) is 0 Å². The van der Waals surface area contributed by atoms with Gasteiger partial charge in [-0.05, 0) is 42.8 Å². The minimum absolute atomic E-state index is 0.146. The van der Waals surface area contributed by atoms with Crippen LogP contribution in [0.4, 0.5) is 10.1 Å². The van der Waals surface area contributed by atoms with Crippen LogP contribution in [0.1, 0.15) is 22.8 Å². The zero-order valence-electron chi connectivity index (χ0n) is 13.5. The second kappa shape index (κ2) is 7.03. The van der Waals surface area contributed by atoms with E-state index in [1.54, 1.807) is 24.1 Å². The molecule has 0 amide bonds. The Morgan fingerprint density at radius 2 is 1.88 bits per heavy atom. The van der Waals surface area contributed by atoms with Crippen molar-refractivity contribution in [3.63, 3.8) is 0 Å². The molecule has 2 aromatic carbocycles. The number of anilines is 1. The predicted octanol–water partition coefficient (Wildman–Crippen LogP) is 3.83. The van der Waals surface area contributed by atoms with Crippen LogP contribution in [0.3, 0.4) is 0 Å². The lowest BCUT2D eigenvalue weighted by Gasteiger charge is -2.23. The first-order chi connectivity index (χ1) is 11.1. The molecular weight excluding hydrogens is 397 g/mol. The molecule has 0 aliphatic carbocycles. The molecule has 2 rings (SSSR count). The lowest BCUT2D eigenvalue weighted by atomic mass is 10.1. The van der Waals surface area contributed by atoms with E-state index in [1.807, 2.05) is 0 Å². The molecule has 0 bridgehead atoms. The minimum Gasteiger partial charge on any atom is -0.369 e. The van der Waals surface area contributed by atoms with Gasteiger partial charge in [0.2, 0.25) is 0 Å². The number of rotatable bonds is 5. The highest BCUT2D eigenvalue weighted by Gasteiger charge is 2.18. The first-order valence-corrected chi connectivity index (χ1v) is 9.78. The molecule has 0 spiro atoms. The van der Waals surface area contributed by atoms with Gasteiger partial charge in [-0.3, -0.25) is 4.79 Å². The van der Waals surface area contributed by atoms with Crippen molar-refractivity contribution in [2.75, 3.05) is 18.2 Å². The van der Waals surface area contributed by atoms with Gasteiger partial charge in [-0.2, -0.15) is 0 Å². The third-order valence-electron chi connectivity index (χ3n) is 3.60. The summed E-state index contributed by atoms with van der Waals surface area (Å²) >= 11 is 3.30. The number of carbonyl (C=O) groups is 1. The fourth-order valence-corrected chi connectivity index (χ4v) is 3.72. The summed E-state index contributed by atoms with van der Waals surface area (Å²) < 4.78 is 37.9. The Morgan fingerprint density at radius 1 is 1.21 bits per heavy atom. The Kier molecular flexibility index (Phi) is 5.45. The maximum Gasteiger partial charge on any atom is 0.177 e. The Hall–Kier alpha value is -1.73. The molecule has 0 heterocycles. The molecule has 4 nitrogen and oxygen atoms in total. The van der Waals surface area contributed by atoms with Crippen molar-refractivity contribution in [2.24, 2.45) is 0 Å². The summed E-state index contributed by atoms with van der Waals surface area (Å²) in [5.74, 6) is -0.503. The molecule has 0 aliphatic heterocycles. The summed E-state index contributed by atoms with van der Waals surface area (Å²) in [5, 5.41) is 0. The number of nitrogens with zero attached hydrogens (tertiary/aromatic N) is 1. The molecule has 0 aromatic heterocycles. The third kappa shape index (κ3) is 4.21. The molecule has 2 aromatic rings. The quantitative estimate of drug-likeness (QED) is 0.698. The lowest BCUT2D eigenvalue weighted by Crippen LogP contribution is -2.20. The number of benzene rings is 2. The van der Waals surface area contributed by atoms with Crippen LogP contribution in [0.5, 0.6) is 0 Å². The van der Waals surface area contributed by atoms with E-state index in [0.29, 0.717) is 22.3 Å². The van der Waals surface area contributed by atoms with Gasteiger partial charge in [0.25, 0.3) is 0 Å². The van der Waals surface area contributed by atoms with E-state index in [-0.39, 0.29) is 16.5 Å². The van der Waals surface area contributed by atoms with Gasteiger partial charge in [0, 0.05) is 29.9 Å². The Labute approximate surface area is 149 Å². The zero-order chi connectivity index (χ0) is 18.1. The van der Waals surface area contributed by atoms with Gasteiger partial charge in [-0.1, -0.05) is 22.0 Å². The van der Waals surface area contributed by atoms with Crippen molar-refractivity contribution in [1.29, 1.82) is 0 Å². The number of hydrogen-bond acceptors (Lipinski definition) is 4. The van der Waals surface area contributed by atoms with Crippen LogP contribution in [0, 0.1) is 5.82 Å². The van der Waals surface area contributed by atoms with Crippen LogP contribution < -0.4 is 4.90 Å². The standard InChI is InChI=1S/C17H17BrFNO3S/c1-11(21)12-5-7-17(24(3,22)23)16(8-12)20(2)10-13-4-6-14(19)9-15(13)18/h4-9H,10H2,1-3H3. The van der Waals surface area contributed by atoms with Crippen molar-refractivity contribution < 1.29 is 17.6 Å². The first-order valence-electron chi connectivity index (χ1n) is 7.09. The van der Waals surface area contributed by atoms with Gasteiger partial charge >= 0.3 is 0 Å². The Balaban J connectivity index is 2.48. The molecule has 0 aliphatic rings. The van der Waals surface area contributed by atoms with Crippen molar-refractivity contribution in [2.45, 2.75) is 18.4 Å². The van der Waals surface area contributed by atoms with Gasteiger partial charge in [-0.25, -0.2) is 12.8 Å². The second-order valence-corrected chi connectivity index (χ2v) is 8.44. The van der Waals surface area contributed by atoms with Crippen LogP contribution in [0.2, 0.25) is 0 Å². The van der Waals surface area contributed by atoms with Crippen LogP contribution in [-0.2, 0) is 16.4 Å². The number of hydrogen-bond donors (Lipinski definition) is 0. The molecular formula is C17H17BrFNO3S. The SMILES string of the molecule is CC(=O)c1ccc(S(C)(=O)=O)c(N(C)Cc2ccc(F)cc2Br)c1. The van der Waals surface area contributed by atoms with Gasteiger partial charge in [0.05, 0.1) is 10.6 Å². The van der Waals surface area contributed by atoms with Crippen LogP contribution in [0.15, 0.2) is 45.8 Å². The summed E-state index contributed by atoms with van der Waals surface area (Å²) in [6, 6.07) is 8.84. The molecule has 0 unspecified atom stereocenters. The van der Waals surface area contributed by atoms with Crippen LogP contribution in [-0.4, -0.2) is 27.5 Å². The topological polar surface area (TPSA) is 54.5 Å². The summed E-state index contributed by atoms with van der Waals surface area (Å²) in [4.78, 5) is 13.5. The van der Waals surface area contributed by atoms with E-state index in [4.69, 9.17) is 0 Å². The van der Waals surface area contributed by atoms with Crippen molar-refractivity contribution in [1.82, 2.24) is 0 Å². The number of Topliss-reactive ketones (excluding diaryl/α,β-unsaturated/α-hetero) is 1. The third-order valence-corrected chi connectivity index (χ3v) is 5.48. The molecule has 0 atom stereocenters. The van der Waals surface area contributed by atoms with E-state index in [0.717, 1.165) is 11.8 Å². The fraction of sp³-hybridized carbons (Fsp3) is 0.235. The maximum atomic E-state index is 13.2. The van der Waals surface area contributed by atoms with E-state index in [9.17, 15) is 17.6 Å². The van der Waals surface area contributed by atoms with E-state index >= 15 is 0 Å². The van der Waals surface area contributed by atoms with E-state index in [2.05, 4.69) is 15.9 Å². The normalized spacial score (nSPS) is 11.4. The van der Waals surface area contributed by atoms with Crippen molar-refractivity contribution in [3.05, 3.63) is 57.8 Å². The lowest BCUT2D eigenvalue weighted by molar-refractivity contribution is 0.101. The summed E-state index contributed by atoms with van der Waals surface area (Å²) in [7, 11) is -1.73. The number of halogens is 2. The Morgan fingerprint density at radius 3 is 2.42 bits per heavy atom. The molecule has 128 valence electrons. The molecule has 0 radical (unpaired) electrons. The van der Waals surface area contributed by atoms with Gasteiger partial charge in [0.15, 0.2) is 15.6 Å². The molecule has 0 N–H and O–H groups in total. The molecule has 24 heavy (non-hydrogen) atoms. The smallest absolute Gasteiger partial charge is 0.177 e. The minimum atomic E-state index is -3.45. The van der Waals surface area contributed by atoms with Gasteiger partial charge < -0.3 is 4.90 Å². The van der Waals surface area contributed by atoms with Crippen molar-refractivity contribution >= 4 is 37.2 Å². The van der Waals surface area contributed by atoms with Crippen molar-refractivity contribution in [3.8, 4) is 0 Å². The summed E-state index contributed by atoms with van der Waals surface area (Å²) in [5.41, 5.74) is 1.66. The van der Waals surface area contributed by atoms with Gasteiger partial charge in [-0.15, -0.1) is 0 Å². The molecule has 7 heteroatoms. The maximum absolute atomic E-state index is 13.2. The highest BCUT2D eigenvalue weighted by Crippen LogP contribution is 2.29. The molecule has 0 saturated carbocycles. The highest BCUT2D eigenvalue weighted by molar-refractivity contribution is 9.10. The largest absolute Gasteiger partial charge is 0.369 e. The van der Waals surface area contributed by atoms with E-state index < -0.39 is 9.84 Å². The molecule has 0 saturated heterocycles. The molecule has 0 fully saturated rings. The number of ketones is 1. The van der Waals surface area contributed by atoms with Crippen LogP contribution >= 0.6 is 15.9 Å². The fourth-order valence-electron chi connectivity index (χ4n) is 2.34. The summed E-state index contributed by atoms with van der Waals surface area (Å²) in [6.07, 6.45) is 1.13. The average molecular weight is 414 g/mol. The number of carbonyl (C=O) groups excluding carboxylic acids is 1. The summed E-state index contributed by atoms with van der Waals surface area (Å²) in [6.45, 7) is 1.78. The number of sulfone groups is 1. The van der Waals surface area contributed by atoms with Gasteiger partial charge in [0.1, 0.15) is 5.82 Å². The predicted molar refractivity (Wildman–Crippen MR) is 95.8 cm³/mol. The highest BCUT2D eigenvalue weighted by atomic mass is 79.9. The average Bonchev–Trinajstić information content (AvgIpc) is 2.48. The zero-order valence-corrected chi connectivity index (χ0v) is 15.9.